The molecule has 1 aromatic carbocycles. The predicted molar refractivity (Wildman–Crippen MR) is 103 cm³/mol. The van der Waals surface area contributed by atoms with E-state index in [4.69, 9.17) is 0 Å². The third-order valence-electron chi connectivity index (χ3n) is 4.82. The molecule has 1 aliphatic heterocycles. The quantitative estimate of drug-likeness (QED) is 0.316. The average Bonchev–Trinajstić information content (AvgIpc) is 2.87. The number of carbonyl (C=O) groups excluding carboxylic acids is 1. The van der Waals surface area contributed by atoms with E-state index in [2.05, 4.69) is 31.0 Å². The molecule has 0 spiro atoms. The highest BCUT2D eigenvalue weighted by Crippen LogP contribution is 2.33. The number of aromatic nitrogens is 4. The maximum Gasteiger partial charge on any atom is 0.311 e. The van der Waals surface area contributed by atoms with Gasteiger partial charge in [0.2, 0.25) is 0 Å². The molecule has 1 amide bonds. The predicted octanol–water partition coefficient (Wildman–Crippen LogP) is 3.26. The second-order valence-electron chi connectivity index (χ2n) is 7.01. The molecule has 4 rings (SSSR count). The number of halogens is 5. The van der Waals surface area contributed by atoms with Crippen LogP contribution >= 0.6 is 15.9 Å². The SMILES string of the molecule is CN(C)C(=O)c1nn2c(c1F)CN(c1nc(F)nc3c(F)c(Br)c(F)cc13)CCC2. The molecular formula is C18H15BrF4N6O. The molecule has 158 valence electrons. The maximum absolute atomic E-state index is 15.0. The largest absolute Gasteiger partial charge is 0.350 e. The summed E-state index contributed by atoms with van der Waals surface area (Å²) in [5.74, 6) is -3.41. The van der Waals surface area contributed by atoms with E-state index < -0.39 is 39.4 Å². The van der Waals surface area contributed by atoms with E-state index in [0.29, 0.717) is 19.5 Å². The number of amides is 1. The molecule has 0 saturated carbocycles. The van der Waals surface area contributed by atoms with Gasteiger partial charge in [0.1, 0.15) is 17.2 Å². The zero-order valence-corrected chi connectivity index (χ0v) is 17.5. The highest BCUT2D eigenvalue weighted by molar-refractivity contribution is 9.10. The van der Waals surface area contributed by atoms with Crippen LogP contribution in [0.25, 0.3) is 10.9 Å². The zero-order valence-electron chi connectivity index (χ0n) is 15.9. The molecule has 7 nitrogen and oxygen atoms in total. The van der Waals surface area contributed by atoms with Gasteiger partial charge < -0.3 is 9.80 Å². The molecule has 0 atom stereocenters. The third kappa shape index (κ3) is 3.28. The Balaban J connectivity index is 1.84. The number of nitrogens with zero attached hydrogens (tertiary/aromatic N) is 6. The van der Waals surface area contributed by atoms with Crippen molar-refractivity contribution in [3.63, 3.8) is 0 Å². The van der Waals surface area contributed by atoms with Gasteiger partial charge in [-0.15, -0.1) is 0 Å². The first-order valence-electron chi connectivity index (χ1n) is 8.91. The van der Waals surface area contributed by atoms with Crippen molar-refractivity contribution >= 4 is 38.6 Å². The second-order valence-corrected chi connectivity index (χ2v) is 7.80. The summed E-state index contributed by atoms with van der Waals surface area (Å²) in [6.07, 6.45) is -0.741. The third-order valence-corrected chi connectivity index (χ3v) is 5.55. The Morgan fingerprint density at radius 1 is 1.13 bits per heavy atom. The van der Waals surface area contributed by atoms with Crippen molar-refractivity contribution in [1.29, 1.82) is 0 Å². The number of anilines is 1. The normalized spacial score (nSPS) is 14.0. The van der Waals surface area contributed by atoms with Crippen molar-refractivity contribution in [3.05, 3.63) is 45.5 Å². The highest BCUT2D eigenvalue weighted by Gasteiger charge is 2.29. The van der Waals surface area contributed by atoms with Crippen LogP contribution in [0.15, 0.2) is 10.5 Å². The topological polar surface area (TPSA) is 67.2 Å². The number of rotatable bonds is 2. The summed E-state index contributed by atoms with van der Waals surface area (Å²) >= 11 is 2.77. The van der Waals surface area contributed by atoms with Gasteiger partial charge >= 0.3 is 6.08 Å². The lowest BCUT2D eigenvalue weighted by Gasteiger charge is -2.22. The van der Waals surface area contributed by atoms with Crippen LogP contribution in [0.2, 0.25) is 0 Å². The Hall–Kier alpha value is -2.76. The highest BCUT2D eigenvalue weighted by atomic mass is 79.9. The first-order valence-corrected chi connectivity index (χ1v) is 9.70. The lowest BCUT2D eigenvalue weighted by molar-refractivity contribution is 0.0816. The van der Waals surface area contributed by atoms with Gasteiger partial charge in [0.25, 0.3) is 5.91 Å². The number of carbonyl (C=O) groups is 1. The van der Waals surface area contributed by atoms with Crippen molar-refractivity contribution in [1.82, 2.24) is 24.6 Å². The van der Waals surface area contributed by atoms with E-state index in [1.807, 2.05) is 0 Å². The number of fused-ring (bicyclic) bond motifs is 2. The van der Waals surface area contributed by atoms with E-state index in [1.165, 1.54) is 28.6 Å². The molecular weight excluding hydrogens is 472 g/mol. The van der Waals surface area contributed by atoms with Crippen LogP contribution in [0.1, 0.15) is 22.6 Å². The van der Waals surface area contributed by atoms with Crippen LogP contribution in [0, 0.1) is 23.5 Å². The van der Waals surface area contributed by atoms with Crippen molar-refractivity contribution in [3.8, 4) is 0 Å². The van der Waals surface area contributed by atoms with Crippen LogP contribution in [0.5, 0.6) is 0 Å². The summed E-state index contributed by atoms with van der Waals surface area (Å²) in [5.41, 5.74) is -0.619. The van der Waals surface area contributed by atoms with Crippen LogP contribution < -0.4 is 4.90 Å². The Kier molecular flexibility index (Phi) is 5.12. The minimum atomic E-state index is -1.20. The molecule has 2 aromatic heterocycles. The van der Waals surface area contributed by atoms with E-state index in [-0.39, 0.29) is 29.1 Å². The van der Waals surface area contributed by atoms with E-state index in [9.17, 15) is 22.4 Å². The fourth-order valence-electron chi connectivity index (χ4n) is 3.38. The minimum absolute atomic E-state index is 0.0486. The smallest absolute Gasteiger partial charge is 0.311 e. The first kappa shape index (κ1) is 20.5. The summed E-state index contributed by atoms with van der Waals surface area (Å²) in [7, 11) is 2.96. The molecule has 1 aliphatic rings. The Labute approximate surface area is 176 Å². The minimum Gasteiger partial charge on any atom is -0.350 e. The number of hydrogen-bond donors (Lipinski definition) is 0. The molecule has 0 saturated heterocycles. The van der Waals surface area contributed by atoms with Crippen molar-refractivity contribution in [2.24, 2.45) is 0 Å². The number of benzene rings is 1. The fourth-order valence-corrected chi connectivity index (χ4v) is 3.68. The standard InChI is InChI=1S/C18H15BrF4N6O/c1-27(2)17(30)15-12(21)10-7-28(4-3-5-29(10)26-15)16-8-6-9(20)11(19)13(22)14(8)24-18(23)25-16/h6H,3-5,7H2,1-2H3. The van der Waals surface area contributed by atoms with E-state index >= 15 is 0 Å². The Morgan fingerprint density at radius 3 is 2.57 bits per heavy atom. The van der Waals surface area contributed by atoms with Gasteiger partial charge in [-0.25, -0.2) is 13.2 Å². The van der Waals surface area contributed by atoms with Gasteiger partial charge in [-0.05, 0) is 28.4 Å². The lowest BCUT2D eigenvalue weighted by atomic mass is 10.2. The molecule has 0 unspecified atom stereocenters. The first-order chi connectivity index (χ1) is 14.2. The second kappa shape index (κ2) is 7.49. The van der Waals surface area contributed by atoms with Gasteiger partial charge in [-0.3, -0.25) is 9.48 Å². The summed E-state index contributed by atoms with van der Waals surface area (Å²) in [5, 5.41) is 4.02. The average molecular weight is 487 g/mol. The number of hydrogen-bond acceptors (Lipinski definition) is 5. The van der Waals surface area contributed by atoms with E-state index in [1.54, 1.807) is 0 Å². The zero-order chi connectivity index (χ0) is 21.7. The molecule has 0 fully saturated rings. The Morgan fingerprint density at radius 2 is 1.87 bits per heavy atom. The van der Waals surface area contributed by atoms with Gasteiger partial charge in [-0.2, -0.15) is 19.5 Å². The summed E-state index contributed by atoms with van der Waals surface area (Å²) < 4.78 is 58.6. The summed E-state index contributed by atoms with van der Waals surface area (Å²) in [6, 6.07) is 0.997. The molecule has 3 heterocycles. The van der Waals surface area contributed by atoms with Gasteiger partial charge in [-0.1, -0.05) is 0 Å². The molecule has 12 heteroatoms. The van der Waals surface area contributed by atoms with Gasteiger partial charge in [0.05, 0.1) is 16.7 Å². The van der Waals surface area contributed by atoms with Crippen LogP contribution in [-0.4, -0.2) is 51.2 Å². The lowest BCUT2D eigenvalue weighted by Crippen LogP contribution is -2.26. The Bertz CT molecular complexity index is 1180. The van der Waals surface area contributed by atoms with Crippen LogP contribution in [0.4, 0.5) is 23.4 Å². The fraction of sp³-hybridized carbons (Fsp3) is 0.333. The van der Waals surface area contributed by atoms with Gasteiger partial charge in [0, 0.05) is 32.6 Å². The van der Waals surface area contributed by atoms with Crippen LogP contribution in [-0.2, 0) is 13.1 Å². The van der Waals surface area contributed by atoms with Gasteiger partial charge in [0.15, 0.2) is 17.3 Å². The number of aryl methyl sites for hydroxylation is 1. The monoisotopic (exact) mass is 486 g/mol. The van der Waals surface area contributed by atoms with Crippen molar-refractivity contribution < 1.29 is 22.4 Å². The maximum atomic E-state index is 15.0. The molecule has 3 aromatic rings. The summed E-state index contributed by atoms with van der Waals surface area (Å²) in [4.78, 5) is 22.1. The van der Waals surface area contributed by atoms with E-state index in [0.717, 1.165) is 6.07 Å². The molecule has 0 aliphatic carbocycles. The van der Waals surface area contributed by atoms with Crippen molar-refractivity contribution in [2.75, 3.05) is 25.5 Å². The van der Waals surface area contributed by atoms with Crippen molar-refractivity contribution in [2.45, 2.75) is 19.5 Å². The molecule has 30 heavy (non-hydrogen) atoms. The summed E-state index contributed by atoms with van der Waals surface area (Å²) in [6.45, 7) is 0.484. The molecule has 0 bridgehead atoms. The molecule has 0 N–H and O–H groups in total. The molecule has 0 radical (unpaired) electrons. The van der Waals surface area contributed by atoms with Crippen LogP contribution in [0.3, 0.4) is 0 Å².